The van der Waals surface area contributed by atoms with Crippen LogP contribution in [0.25, 0.3) is 5.69 Å². The molecule has 0 radical (unpaired) electrons. The maximum Gasteiger partial charge on any atom is 0.251 e. The van der Waals surface area contributed by atoms with Crippen LogP contribution in [0, 0.1) is 0 Å². The van der Waals surface area contributed by atoms with E-state index >= 15 is 0 Å². The lowest BCUT2D eigenvalue weighted by molar-refractivity contribution is 0.0948. The topological polar surface area (TPSA) is 86.1 Å². The summed E-state index contributed by atoms with van der Waals surface area (Å²) in [6.45, 7) is 0.181. The molecule has 0 aliphatic heterocycles. The predicted molar refractivity (Wildman–Crippen MR) is 127 cm³/mol. The van der Waals surface area contributed by atoms with Crippen molar-refractivity contribution >= 4 is 23.5 Å². The van der Waals surface area contributed by atoms with Gasteiger partial charge in [-0.05, 0) is 36.4 Å². The Kier molecular flexibility index (Phi) is 7.16. The van der Waals surface area contributed by atoms with E-state index < -0.39 is 0 Å². The molecule has 3 aromatic carbocycles. The second-order valence-corrected chi connectivity index (χ2v) is 8.00. The first-order valence-electron chi connectivity index (χ1n) is 10.3. The normalized spacial score (nSPS) is 10.6. The van der Waals surface area contributed by atoms with Crippen LogP contribution < -0.4 is 10.1 Å². The van der Waals surface area contributed by atoms with Crippen LogP contribution in [0.4, 0.5) is 0 Å². The predicted octanol–water partition coefficient (Wildman–Crippen LogP) is 4.18. The summed E-state index contributed by atoms with van der Waals surface area (Å²) in [4.78, 5) is 25.1. The lowest BCUT2D eigenvalue weighted by atomic mass is 10.2. The van der Waals surface area contributed by atoms with Crippen LogP contribution in [-0.2, 0) is 6.54 Å². The van der Waals surface area contributed by atoms with Crippen molar-refractivity contribution in [2.24, 2.45) is 0 Å². The minimum Gasteiger partial charge on any atom is -0.497 e. The molecule has 0 aliphatic carbocycles. The maximum absolute atomic E-state index is 12.6. The summed E-state index contributed by atoms with van der Waals surface area (Å²) in [5.41, 5.74) is 2.03. The van der Waals surface area contributed by atoms with Crippen LogP contribution in [0.2, 0.25) is 0 Å². The number of benzene rings is 3. The number of rotatable bonds is 9. The van der Waals surface area contributed by atoms with Gasteiger partial charge in [0, 0.05) is 16.8 Å². The molecule has 0 aliphatic rings. The Bertz CT molecular complexity index is 1230. The van der Waals surface area contributed by atoms with Gasteiger partial charge in [-0.2, -0.15) is 0 Å². The van der Waals surface area contributed by atoms with E-state index in [0.29, 0.717) is 27.9 Å². The fourth-order valence-corrected chi connectivity index (χ4v) is 4.05. The van der Waals surface area contributed by atoms with E-state index in [1.165, 1.54) is 11.8 Å². The van der Waals surface area contributed by atoms with Gasteiger partial charge in [0.2, 0.25) is 0 Å². The zero-order valence-corrected chi connectivity index (χ0v) is 18.8. The molecule has 8 heteroatoms. The van der Waals surface area contributed by atoms with E-state index in [4.69, 9.17) is 4.74 Å². The molecular weight excluding hydrogens is 436 g/mol. The van der Waals surface area contributed by atoms with Gasteiger partial charge in [-0.25, -0.2) is 0 Å². The summed E-state index contributed by atoms with van der Waals surface area (Å²) in [6.07, 6.45) is 0. The van der Waals surface area contributed by atoms with Gasteiger partial charge < -0.3 is 10.1 Å². The average Bonchev–Trinajstić information content (AvgIpc) is 3.29. The smallest absolute Gasteiger partial charge is 0.251 e. The summed E-state index contributed by atoms with van der Waals surface area (Å²) in [5.74, 6) is 1.26. The Hall–Kier alpha value is -3.91. The number of carbonyl (C=O) groups is 2. The molecular formula is C25H22N4O3S. The van der Waals surface area contributed by atoms with Gasteiger partial charge in [-0.15, -0.1) is 10.2 Å². The van der Waals surface area contributed by atoms with Crippen molar-refractivity contribution in [3.05, 3.63) is 102 Å². The van der Waals surface area contributed by atoms with Gasteiger partial charge in [-0.1, -0.05) is 60.3 Å². The summed E-state index contributed by atoms with van der Waals surface area (Å²) in [7, 11) is 1.58. The number of hydrogen-bond donors (Lipinski definition) is 1. The number of amides is 1. The highest BCUT2D eigenvalue weighted by Gasteiger charge is 2.17. The van der Waals surface area contributed by atoms with Gasteiger partial charge >= 0.3 is 0 Å². The number of ketones is 1. The molecule has 166 valence electrons. The summed E-state index contributed by atoms with van der Waals surface area (Å²) >= 11 is 1.31. The fraction of sp³-hybridized carbons (Fsp3) is 0.120. The number of ether oxygens (including phenoxy) is 1. The number of aromatic nitrogens is 3. The molecule has 0 atom stereocenters. The Labute approximate surface area is 195 Å². The Morgan fingerprint density at radius 2 is 1.55 bits per heavy atom. The summed E-state index contributed by atoms with van der Waals surface area (Å²) in [5, 5.41) is 12.0. The summed E-state index contributed by atoms with van der Waals surface area (Å²) in [6, 6.07) is 25.6. The number of Topliss-reactive ketones (excluding diaryl/α,β-unsaturated/α-hetero) is 1. The van der Waals surface area contributed by atoms with Crippen molar-refractivity contribution in [1.29, 1.82) is 0 Å². The molecule has 0 saturated heterocycles. The average molecular weight is 459 g/mol. The molecule has 7 nitrogen and oxygen atoms in total. The molecule has 1 heterocycles. The van der Waals surface area contributed by atoms with E-state index in [9.17, 15) is 9.59 Å². The van der Waals surface area contributed by atoms with E-state index in [-0.39, 0.29) is 24.0 Å². The molecule has 4 aromatic rings. The lowest BCUT2D eigenvalue weighted by Gasteiger charge is -2.11. The molecule has 0 unspecified atom stereocenters. The molecule has 0 bridgehead atoms. The molecule has 0 spiro atoms. The number of carbonyl (C=O) groups excluding carboxylic acids is 2. The van der Waals surface area contributed by atoms with Gasteiger partial charge in [0.05, 0.1) is 19.4 Å². The lowest BCUT2D eigenvalue weighted by Crippen LogP contribution is -2.24. The number of thioether (sulfide) groups is 1. The fourth-order valence-electron chi connectivity index (χ4n) is 3.19. The SMILES string of the molecule is COc1ccc(C(=O)NCc2nnc(SCC(=O)c3ccccc3)n2-c2ccccc2)cc1. The first-order chi connectivity index (χ1) is 16.2. The Balaban J connectivity index is 1.51. The largest absolute Gasteiger partial charge is 0.497 e. The van der Waals surface area contributed by atoms with Crippen molar-refractivity contribution < 1.29 is 14.3 Å². The standard InChI is InChI=1S/C25H22N4O3S/c1-32-21-14-12-19(13-15-21)24(31)26-16-23-27-28-25(29(23)20-10-6-3-7-11-20)33-17-22(30)18-8-4-2-5-9-18/h2-15H,16-17H2,1H3,(H,26,31). The summed E-state index contributed by atoms with van der Waals surface area (Å²) < 4.78 is 6.99. The van der Waals surface area contributed by atoms with E-state index in [1.54, 1.807) is 43.5 Å². The van der Waals surface area contributed by atoms with Crippen LogP contribution in [0.15, 0.2) is 90.1 Å². The monoisotopic (exact) mass is 458 g/mol. The second kappa shape index (κ2) is 10.6. The third-order valence-corrected chi connectivity index (χ3v) is 5.83. The number of para-hydroxylation sites is 1. The van der Waals surface area contributed by atoms with Gasteiger partial charge in [0.1, 0.15) is 5.75 Å². The van der Waals surface area contributed by atoms with Crippen LogP contribution >= 0.6 is 11.8 Å². The first-order valence-corrected chi connectivity index (χ1v) is 11.3. The highest BCUT2D eigenvalue weighted by Crippen LogP contribution is 2.23. The van der Waals surface area contributed by atoms with Crippen molar-refractivity contribution in [3.8, 4) is 11.4 Å². The number of hydrogen-bond acceptors (Lipinski definition) is 6. The quantitative estimate of drug-likeness (QED) is 0.299. The van der Waals surface area contributed by atoms with Crippen molar-refractivity contribution in [3.63, 3.8) is 0 Å². The van der Waals surface area contributed by atoms with Crippen LogP contribution in [0.3, 0.4) is 0 Å². The zero-order valence-electron chi connectivity index (χ0n) is 18.0. The maximum atomic E-state index is 12.6. The molecule has 1 N–H and O–H groups in total. The second-order valence-electron chi connectivity index (χ2n) is 7.06. The Morgan fingerprint density at radius 3 is 2.21 bits per heavy atom. The molecule has 4 rings (SSSR count). The van der Waals surface area contributed by atoms with Crippen LogP contribution in [-0.4, -0.2) is 39.3 Å². The number of methoxy groups -OCH3 is 1. The third kappa shape index (κ3) is 5.48. The minimum absolute atomic E-state index is 0.0116. The molecule has 1 amide bonds. The first kappa shape index (κ1) is 22.3. The molecule has 1 aromatic heterocycles. The molecule has 0 fully saturated rings. The van der Waals surface area contributed by atoms with Crippen molar-refractivity contribution in [1.82, 2.24) is 20.1 Å². The minimum atomic E-state index is -0.228. The van der Waals surface area contributed by atoms with Crippen molar-refractivity contribution in [2.45, 2.75) is 11.7 Å². The molecule has 0 saturated carbocycles. The highest BCUT2D eigenvalue weighted by atomic mass is 32.2. The zero-order chi connectivity index (χ0) is 23.0. The van der Waals surface area contributed by atoms with E-state index in [2.05, 4.69) is 15.5 Å². The van der Waals surface area contributed by atoms with Crippen molar-refractivity contribution in [2.75, 3.05) is 12.9 Å². The van der Waals surface area contributed by atoms with Crippen LogP contribution in [0.5, 0.6) is 5.75 Å². The van der Waals surface area contributed by atoms with Gasteiger partial charge in [0.15, 0.2) is 16.8 Å². The van der Waals surface area contributed by atoms with Gasteiger partial charge in [-0.3, -0.25) is 14.2 Å². The van der Waals surface area contributed by atoms with Crippen LogP contribution in [0.1, 0.15) is 26.5 Å². The number of nitrogens with zero attached hydrogens (tertiary/aromatic N) is 3. The Morgan fingerprint density at radius 1 is 0.879 bits per heavy atom. The van der Waals surface area contributed by atoms with E-state index in [1.807, 2.05) is 53.1 Å². The highest BCUT2D eigenvalue weighted by molar-refractivity contribution is 7.99. The third-order valence-electron chi connectivity index (χ3n) is 4.90. The van der Waals surface area contributed by atoms with Gasteiger partial charge in [0.25, 0.3) is 5.91 Å². The number of nitrogens with one attached hydrogen (secondary N) is 1. The molecule has 33 heavy (non-hydrogen) atoms. The van der Waals surface area contributed by atoms with E-state index in [0.717, 1.165) is 5.69 Å².